The van der Waals surface area contributed by atoms with E-state index >= 15 is 0 Å². The van der Waals surface area contributed by atoms with Crippen LogP contribution >= 0.6 is 11.3 Å². The summed E-state index contributed by atoms with van der Waals surface area (Å²) in [5, 5.41) is 12.2. The third-order valence-corrected chi connectivity index (χ3v) is 7.55. The van der Waals surface area contributed by atoms with Crippen molar-refractivity contribution in [3.63, 3.8) is 0 Å². The number of nitrogens with zero attached hydrogens (tertiary/aromatic N) is 5. The Morgan fingerprint density at radius 2 is 1.89 bits per heavy atom. The predicted octanol–water partition coefficient (Wildman–Crippen LogP) is 3.10. The van der Waals surface area contributed by atoms with E-state index in [1.165, 1.54) is 23.8 Å². The van der Waals surface area contributed by atoms with E-state index < -0.39 is 22.4 Å². The zero-order chi connectivity index (χ0) is 24.7. The van der Waals surface area contributed by atoms with Crippen LogP contribution in [0.15, 0.2) is 36.4 Å². The number of carbonyl (C=O) groups excluding carboxylic acids is 3. The summed E-state index contributed by atoms with van der Waals surface area (Å²) < 4.78 is 1.15. The number of piperazine rings is 1. The molecule has 0 N–H and O–H groups in total. The van der Waals surface area contributed by atoms with Crippen LogP contribution in [0.4, 0.5) is 10.8 Å². The first kappa shape index (κ1) is 22.9. The van der Waals surface area contributed by atoms with E-state index in [-0.39, 0.29) is 30.0 Å². The fourth-order valence-electron chi connectivity index (χ4n) is 4.50. The highest BCUT2D eigenvalue weighted by Gasteiger charge is 2.41. The van der Waals surface area contributed by atoms with Gasteiger partial charge in [0.05, 0.1) is 20.7 Å². The third kappa shape index (κ3) is 4.12. The van der Waals surface area contributed by atoms with E-state index in [1.807, 2.05) is 6.07 Å². The van der Waals surface area contributed by atoms with Crippen molar-refractivity contribution in [1.82, 2.24) is 14.8 Å². The lowest BCUT2D eigenvalue weighted by molar-refractivity contribution is -0.385. The number of aromatic nitrogens is 1. The van der Waals surface area contributed by atoms with Gasteiger partial charge in [0.25, 0.3) is 17.5 Å². The minimum Gasteiger partial charge on any atom is -0.345 e. The van der Waals surface area contributed by atoms with Crippen molar-refractivity contribution < 1.29 is 19.3 Å². The molecule has 35 heavy (non-hydrogen) atoms. The molecular weight excluding hydrogens is 470 g/mol. The second-order valence-corrected chi connectivity index (χ2v) is 9.50. The van der Waals surface area contributed by atoms with Crippen molar-refractivity contribution in [3.05, 3.63) is 63.2 Å². The fraction of sp³-hybridized carbons (Fsp3) is 0.333. The molecule has 1 saturated heterocycles. The summed E-state index contributed by atoms with van der Waals surface area (Å²) in [4.78, 5) is 58.3. The number of carbonyl (C=O) groups is 3. The molecule has 3 aromatic rings. The Kier molecular flexibility index (Phi) is 5.93. The van der Waals surface area contributed by atoms with Crippen molar-refractivity contribution in [2.75, 3.05) is 37.6 Å². The van der Waals surface area contributed by atoms with Gasteiger partial charge in [-0.2, -0.15) is 0 Å². The smallest absolute Gasteiger partial charge is 0.282 e. The second kappa shape index (κ2) is 9.06. The maximum absolute atomic E-state index is 12.8. The minimum absolute atomic E-state index is 0.00663. The standard InChI is InChI=1S/C24H23N5O5S/c1-2-15-6-7-17-19(14-15)35-24(25-17)27-12-10-26(11-13-27)20(30)8-9-28-22(31)16-4-3-5-18(29(33)34)21(16)23(28)32/h3-7,14H,2,8-13H2,1H3. The third-order valence-electron chi connectivity index (χ3n) is 6.48. The number of rotatable bonds is 6. The van der Waals surface area contributed by atoms with Crippen LogP contribution in [0.5, 0.6) is 0 Å². The molecule has 1 fully saturated rings. The first-order valence-electron chi connectivity index (χ1n) is 11.4. The normalized spacial score (nSPS) is 15.7. The number of fused-ring (bicyclic) bond motifs is 2. The summed E-state index contributed by atoms with van der Waals surface area (Å²) in [6.07, 6.45) is 0.946. The molecule has 0 atom stereocenters. The number of benzene rings is 2. The molecule has 0 aliphatic carbocycles. The highest BCUT2D eigenvalue weighted by Crippen LogP contribution is 2.32. The van der Waals surface area contributed by atoms with Crippen LogP contribution in [-0.4, -0.2) is 70.2 Å². The van der Waals surface area contributed by atoms with Gasteiger partial charge in [-0.15, -0.1) is 0 Å². The van der Waals surface area contributed by atoms with E-state index in [0.29, 0.717) is 26.2 Å². The lowest BCUT2D eigenvalue weighted by Gasteiger charge is -2.34. The van der Waals surface area contributed by atoms with E-state index in [9.17, 15) is 24.5 Å². The van der Waals surface area contributed by atoms with E-state index in [0.717, 1.165) is 26.7 Å². The monoisotopic (exact) mass is 493 g/mol. The number of amides is 3. The average molecular weight is 494 g/mol. The lowest BCUT2D eigenvalue weighted by atomic mass is 10.1. The Morgan fingerprint density at radius 1 is 1.11 bits per heavy atom. The second-order valence-electron chi connectivity index (χ2n) is 8.49. The van der Waals surface area contributed by atoms with Gasteiger partial charge in [-0.05, 0) is 30.2 Å². The summed E-state index contributed by atoms with van der Waals surface area (Å²) in [5.41, 5.74) is 1.65. The van der Waals surface area contributed by atoms with Crippen LogP contribution in [0.3, 0.4) is 0 Å². The van der Waals surface area contributed by atoms with Crippen molar-refractivity contribution in [1.29, 1.82) is 0 Å². The summed E-state index contributed by atoms with van der Waals surface area (Å²) in [6, 6.07) is 10.3. The first-order valence-corrected chi connectivity index (χ1v) is 12.2. The Morgan fingerprint density at radius 3 is 2.60 bits per heavy atom. The number of hydrogen-bond donors (Lipinski definition) is 0. The Bertz CT molecular complexity index is 1360. The number of imide groups is 1. The molecule has 2 aliphatic heterocycles. The van der Waals surface area contributed by atoms with Crippen LogP contribution in [0.25, 0.3) is 10.2 Å². The van der Waals surface area contributed by atoms with Crippen LogP contribution in [0.2, 0.25) is 0 Å². The number of anilines is 1. The molecule has 0 spiro atoms. The molecule has 0 saturated carbocycles. The fourth-order valence-corrected chi connectivity index (χ4v) is 5.58. The highest BCUT2D eigenvalue weighted by molar-refractivity contribution is 7.22. The summed E-state index contributed by atoms with van der Waals surface area (Å²) in [6.45, 7) is 4.33. The minimum atomic E-state index is -0.725. The van der Waals surface area contributed by atoms with E-state index in [1.54, 1.807) is 16.2 Å². The molecule has 11 heteroatoms. The van der Waals surface area contributed by atoms with Gasteiger partial charge in [0.15, 0.2) is 5.13 Å². The SMILES string of the molecule is CCc1ccc2nc(N3CCN(C(=O)CCN4C(=O)c5cccc([N+](=O)[O-])c5C4=O)CC3)sc2c1. The largest absolute Gasteiger partial charge is 0.345 e. The van der Waals surface area contributed by atoms with Gasteiger partial charge < -0.3 is 9.80 Å². The molecule has 2 aromatic carbocycles. The molecule has 0 radical (unpaired) electrons. The van der Waals surface area contributed by atoms with E-state index in [4.69, 9.17) is 4.98 Å². The van der Waals surface area contributed by atoms with Crippen LogP contribution in [-0.2, 0) is 11.2 Å². The zero-order valence-corrected chi connectivity index (χ0v) is 19.9. The van der Waals surface area contributed by atoms with Gasteiger partial charge in [-0.25, -0.2) is 4.98 Å². The number of nitro groups is 1. The number of nitro benzene ring substituents is 1. The van der Waals surface area contributed by atoms with Gasteiger partial charge >= 0.3 is 0 Å². The Balaban J connectivity index is 1.19. The Hall–Kier alpha value is -3.86. The zero-order valence-electron chi connectivity index (χ0n) is 19.1. The average Bonchev–Trinajstić information content (AvgIpc) is 3.41. The Labute approximate surface area is 204 Å². The highest BCUT2D eigenvalue weighted by atomic mass is 32.1. The van der Waals surface area contributed by atoms with E-state index in [2.05, 4.69) is 24.0 Å². The van der Waals surface area contributed by atoms with Gasteiger partial charge in [0, 0.05) is 45.2 Å². The van der Waals surface area contributed by atoms with Gasteiger partial charge in [0.1, 0.15) is 5.56 Å². The van der Waals surface area contributed by atoms with Crippen molar-refractivity contribution in [2.45, 2.75) is 19.8 Å². The first-order chi connectivity index (χ1) is 16.9. The summed E-state index contributed by atoms with van der Waals surface area (Å²) >= 11 is 1.65. The van der Waals surface area contributed by atoms with Gasteiger partial charge in [-0.3, -0.25) is 29.4 Å². The number of hydrogen-bond acceptors (Lipinski definition) is 8. The quantitative estimate of drug-likeness (QED) is 0.294. The molecule has 10 nitrogen and oxygen atoms in total. The topological polar surface area (TPSA) is 117 Å². The van der Waals surface area contributed by atoms with Crippen molar-refractivity contribution in [3.8, 4) is 0 Å². The van der Waals surface area contributed by atoms with Gasteiger partial charge in [-0.1, -0.05) is 30.4 Å². The maximum Gasteiger partial charge on any atom is 0.282 e. The molecule has 0 bridgehead atoms. The van der Waals surface area contributed by atoms with Crippen molar-refractivity contribution >= 4 is 50.1 Å². The van der Waals surface area contributed by atoms with Crippen LogP contribution < -0.4 is 4.90 Å². The predicted molar refractivity (Wildman–Crippen MR) is 131 cm³/mol. The summed E-state index contributed by atoms with van der Waals surface area (Å²) in [7, 11) is 0. The maximum atomic E-state index is 12.8. The van der Waals surface area contributed by atoms with Crippen molar-refractivity contribution in [2.24, 2.45) is 0 Å². The molecule has 180 valence electrons. The molecule has 3 heterocycles. The molecule has 5 rings (SSSR count). The molecule has 1 aromatic heterocycles. The molecule has 3 amide bonds. The number of aryl methyl sites for hydroxylation is 1. The van der Waals surface area contributed by atoms with Crippen LogP contribution in [0, 0.1) is 10.1 Å². The van der Waals surface area contributed by atoms with Crippen LogP contribution in [0.1, 0.15) is 39.6 Å². The number of thiazole rings is 1. The summed E-state index contributed by atoms with van der Waals surface area (Å²) in [5.74, 6) is -1.49. The van der Waals surface area contributed by atoms with Gasteiger partial charge in [0.2, 0.25) is 5.91 Å². The molecule has 0 unspecified atom stereocenters. The molecular formula is C24H23N5O5S. The lowest BCUT2D eigenvalue weighted by Crippen LogP contribution is -2.49. The molecule has 2 aliphatic rings.